The van der Waals surface area contributed by atoms with Gasteiger partial charge in [0.25, 0.3) is 0 Å². The van der Waals surface area contributed by atoms with Crippen LogP contribution in [0.25, 0.3) is 0 Å². The molecule has 1 aromatic rings. The van der Waals surface area contributed by atoms with Crippen molar-refractivity contribution in [3.8, 4) is 0 Å². The van der Waals surface area contributed by atoms with E-state index in [1.807, 2.05) is 0 Å². The zero-order valence-corrected chi connectivity index (χ0v) is 11.4. The third-order valence-corrected chi connectivity index (χ3v) is 3.75. The van der Waals surface area contributed by atoms with Crippen molar-refractivity contribution >= 4 is 29.1 Å². The lowest BCUT2D eigenvalue weighted by Crippen LogP contribution is -2.04. The number of rotatable bonds is 4. The summed E-state index contributed by atoms with van der Waals surface area (Å²) in [4.78, 5) is 11.3. The van der Waals surface area contributed by atoms with Gasteiger partial charge in [0.2, 0.25) is 0 Å². The highest BCUT2D eigenvalue weighted by Gasteiger charge is 2.30. The standard InChI is InChI=1S/C12H12ClF3OS/c1-3-8-6-9(11(13)7(2)17)4-5-10(8)18-12(14,15)16/h4-6,11H,3H2,1-2H3. The van der Waals surface area contributed by atoms with Gasteiger partial charge in [-0.3, -0.25) is 4.79 Å². The van der Waals surface area contributed by atoms with E-state index in [9.17, 15) is 18.0 Å². The Bertz CT molecular complexity index is 445. The summed E-state index contributed by atoms with van der Waals surface area (Å²) in [5.74, 6) is -0.227. The quantitative estimate of drug-likeness (QED) is 0.590. The molecule has 0 aromatic heterocycles. The van der Waals surface area contributed by atoms with Gasteiger partial charge in [0.15, 0.2) is 5.78 Å². The highest BCUT2D eigenvalue weighted by Crippen LogP contribution is 2.39. The highest BCUT2D eigenvalue weighted by molar-refractivity contribution is 8.00. The van der Waals surface area contributed by atoms with E-state index in [1.165, 1.54) is 19.1 Å². The number of carbonyl (C=O) groups is 1. The van der Waals surface area contributed by atoms with Crippen LogP contribution in [-0.4, -0.2) is 11.3 Å². The minimum atomic E-state index is -4.31. The molecule has 1 rings (SSSR count). The van der Waals surface area contributed by atoms with Crippen molar-refractivity contribution in [2.75, 3.05) is 0 Å². The summed E-state index contributed by atoms with van der Waals surface area (Å²) in [7, 11) is 0. The first-order valence-corrected chi connectivity index (χ1v) is 6.53. The fourth-order valence-corrected chi connectivity index (χ4v) is 2.35. The number of carbonyl (C=O) groups excluding carboxylic acids is 1. The number of hydrogen-bond donors (Lipinski definition) is 0. The third kappa shape index (κ3) is 4.21. The Balaban J connectivity index is 3.07. The summed E-state index contributed by atoms with van der Waals surface area (Å²) < 4.78 is 37.0. The maximum atomic E-state index is 12.3. The van der Waals surface area contributed by atoms with Crippen LogP contribution in [0.2, 0.25) is 0 Å². The molecule has 1 atom stereocenters. The van der Waals surface area contributed by atoms with Crippen molar-refractivity contribution in [2.45, 2.75) is 36.0 Å². The van der Waals surface area contributed by atoms with Crippen molar-refractivity contribution in [2.24, 2.45) is 0 Å². The summed E-state index contributed by atoms with van der Waals surface area (Å²) in [6, 6.07) is 4.39. The van der Waals surface area contributed by atoms with Crippen molar-refractivity contribution in [1.29, 1.82) is 0 Å². The van der Waals surface area contributed by atoms with E-state index in [1.54, 1.807) is 13.0 Å². The van der Waals surface area contributed by atoms with Gasteiger partial charge in [-0.2, -0.15) is 13.2 Å². The molecule has 1 unspecified atom stereocenters. The van der Waals surface area contributed by atoms with Crippen LogP contribution in [0.4, 0.5) is 13.2 Å². The average molecular weight is 297 g/mol. The summed E-state index contributed by atoms with van der Waals surface area (Å²) in [5.41, 5.74) is -3.24. The molecule has 0 saturated carbocycles. The zero-order valence-electron chi connectivity index (χ0n) is 9.84. The molecule has 0 bridgehead atoms. The fourth-order valence-electron chi connectivity index (χ4n) is 1.49. The molecular weight excluding hydrogens is 285 g/mol. The number of halogens is 4. The predicted octanol–water partition coefficient (Wildman–Crippen LogP) is 4.73. The largest absolute Gasteiger partial charge is 0.446 e. The van der Waals surface area contributed by atoms with E-state index in [4.69, 9.17) is 11.6 Å². The van der Waals surface area contributed by atoms with Crippen LogP contribution in [0, 0.1) is 0 Å². The maximum absolute atomic E-state index is 12.3. The van der Waals surface area contributed by atoms with Crippen LogP contribution in [-0.2, 0) is 11.2 Å². The van der Waals surface area contributed by atoms with Gasteiger partial charge in [-0.05, 0) is 42.3 Å². The van der Waals surface area contributed by atoms with Gasteiger partial charge in [-0.1, -0.05) is 19.1 Å². The topological polar surface area (TPSA) is 17.1 Å². The van der Waals surface area contributed by atoms with E-state index in [2.05, 4.69) is 0 Å². The second-order valence-corrected chi connectivity index (χ2v) is 5.29. The minimum Gasteiger partial charge on any atom is -0.298 e. The lowest BCUT2D eigenvalue weighted by Gasteiger charge is -2.13. The minimum absolute atomic E-state index is 0.147. The monoisotopic (exact) mass is 296 g/mol. The van der Waals surface area contributed by atoms with E-state index >= 15 is 0 Å². The molecule has 18 heavy (non-hydrogen) atoms. The molecule has 0 radical (unpaired) electrons. The first-order chi connectivity index (χ1) is 8.24. The smallest absolute Gasteiger partial charge is 0.298 e. The summed E-state index contributed by atoms with van der Waals surface area (Å²) in [6.07, 6.45) is 0.452. The molecule has 0 aliphatic heterocycles. The Morgan fingerprint density at radius 1 is 1.44 bits per heavy atom. The normalized spacial score (nSPS) is 13.4. The van der Waals surface area contributed by atoms with Gasteiger partial charge in [0.1, 0.15) is 5.38 Å². The molecule has 0 aliphatic carbocycles. The number of benzene rings is 1. The van der Waals surface area contributed by atoms with E-state index in [0.717, 1.165) is 0 Å². The molecule has 0 amide bonds. The number of alkyl halides is 4. The van der Waals surface area contributed by atoms with E-state index < -0.39 is 10.9 Å². The molecule has 0 spiro atoms. The fraction of sp³-hybridized carbons (Fsp3) is 0.417. The second kappa shape index (κ2) is 5.97. The molecule has 0 aliphatic rings. The van der Waals surface area contributed by atoms with Crippen LogP contribution < -0.4 is 0 Å². The first kappa shape index (κ1) is 15.4. The molecule has 0 fully saturated rings. The number of ketones is 1. The third-order valence-electron chi connectivity index (χ3n) is 2.34. The Kier molecular flexibility index (Phi) is 5.10. The lowest BCUT2D eigenvalue weighted by molar-refractivity contribution is -0.116. The molecule has 0 saturated heterocycles. The number of thioether (sulfide) groups is 1. The maximum Gasteiger partial charge on any atom is 0.446 e. The van der Waals surface area contributed by atoms with Gasteiger partial charge in [0, 0.05) is 4.90 Å². The summed E-state index contributed by atoms with van der Waals surface area (Å²) >= 11 is 5.73. The number of Topliss-reactive ketones (excluding diaryl/α,β-unsaturated/α-hetero) is 1. The number of hydrogen-bond acceptors (Lipinski definition) is 2. The van der Waals surface area contributed by atoms with Crippen LogP contribution in [0.5, 0.6) is 0 Å². The van der Waals surface area contributed by atoms with Crippen LogP contribution in [0.15, 0.2) is 23.1 Å². The predicted molar refractivity (Wildman–Crippen MR) is 67.0 cm³/mol. The Morgan fingerprint density at radius 3 is 2.50 bits per heavy atom. The summed E-state index contributed by atoms with van der Waals surface area (Å²) in [6.45, 7) is 3.11. The van der Waals surface area contributed by atoms with Gasteiger partial charge in [-0.25, -0.2) is 0 Å². The number of aryl methyl sites for hydroxylation is 1. The van der Waals surface area contributed by atoms with Crippen molar-refractivity contribution < 1.29 is 18.0 Å². The van der Waals surface area contributed by atoms with Crippen molar-refractivity contribution in [3.63, 3.8) is 0 Å². The Labute approximate surface area is 113 Å². The van der Waals surface area contributed by atoms with Gasteiger partial charge in [0.05, 0.1) is 0 Å². The van der Waals surface area contributed by atoms with Gasteiger partial charge < -0.3 is 0 Å². The van der Waals surface area contributed by atoms with Crippen LogP contribution in [0.3, 0.4) is 0 Å². The molecule has 0 N–H and O–H groups in total. The molecule has 0 heterocycles. The highest BCUT2D eigenvalue weighted by atomic mass is 35.5. The average Bonchev–Trinajstić information content (AvgIpc) is 2.26. The Hall–Kier alpha value is -0.680. The molecule has 1 nitrogen and oxygen atoms in total. The van der Waals surface area contributed by atoms with Crippen molar-refractivity contribution in [1.82, 2.24) is 0 Å². The molecule has 6 heteroatoms. The second-order valence-electron chi connectivity index (χ2n) is 3.74. The van der Waals surface area contributed by atoms with Crippen LogP contribution >= 0.6 is 23.4 Å². The van der Waals surface area contributed by atoms with E-state index in [-0.39, 0.29) is 22.4 Å². The molecular formula is C12H12ClF3OS. The van der Waals surface area contributed by atoms with Gasteiger partial charge >= 0.3 is 5.51 Å². The van der Waals surface area contributed by atoms with E-state index in [0.29, 0.717) is 17.5 Å². The molecule has 1 aromatic carbocycles. The summed E-state index contributed by atoms with van der Waals surface area (Å²) in [5, 5.41) is -0.805. The molecule has 100 valence electrons. The lowest BCUT2D eigenvalue weighted by atomic mass is 10.0. The van der Waals surface area contributed by atoms with Crippen molar-refractivity contribution in [3.05, 3.63) is 29.3 Å². The Morgan fingerprint density at radius 2 is 2.06 bits per heavy atom. The zero-order chi connectivity index (χ0) is 13.9. The SMILES string of the molecule is CCc1cc(C(Cl)C(C)=O)ccc1SC(F)(F)F. The first-order valence-electron chi connectivity index (χ1n) is 5.27. The van der Waals surface area contributed by atoms with Crippen LogP contribution in [0.1, 0.15) is 30.4 Å². The van der Waals surface area contributed by atoms with Gasteiger partial charge in [-0.15, -0.1) is 11.6 Å².